The maximum absolute atomic E-state index is 11.6. The number of alkyl halides is 2. The highest BCUT2D eigenvalue weighted by molar-refractivity contribution is 6.52. The molecule has 0 bridgehead atoms. The van der Waals surface area contributed by atoms with Crippen molar-refractivity contribution in [3.05, 3.63) is 71.8 Å². The van der Waals surface area contributed by atoms with Gasteiger partial charge in [-0.05, 0) is 50.8 Å². The first-order valence-corrected chi connectivity index (χ1v) is 12.9. The maximum atomic E-state index is 11.6. The third-order valence-corrected chi connectivity index (χ3v) is 5.48. The van der Waals surface area contributed by atoms with Gasteiger partial charge >= 0.3 is 24.0 Å². The zero-order valence-electron chi connectivity index (χ0n) is 21.9. The summed E-state index contributed by atoms with van der Waals surface area (Å²) < 4.78 is 5.21. The highest BCUT2D eigenvalue weighted by atomic mass is 35.5. The van der Waals surface area contributed by atoms with Gasteiger partial charge in [-0.25, -0.2) is 14.4 Å². The molecule has 0 radical (unpaired) electrons. The Morgan fingerprint density at radius 2 is 1.36 bits per heavy atom. The Labute approximate surface area is 237 Å². The summed E-state index contributed by atoms with van der Waals surface area (Å²) in [5, 5.41) is 25.8. The number of amides is 1. The normalized spacial score (nSPS) is 13.8. The fourth-order valence-corrected chi connectivity index (χ4v) is 3.24. The SMILES string of the molecule is CC(C)(C)OC(=O)N1CCC(C(=O)O)CC1.O=C(O)/C(=C/c1ccccc1)c1ccccc1.O=C(O)C(Cl)Cl. The average Bonchev–Trinajstić information content (AvgIpc) is 2.88. The summed E-state index contributed by atoms with van der Waals surface area (Å²) in [6.07, 6.45) is 2.34. The van der Waals surface area contributed by atoms with E-state index in [2.05, 4.69) is 0 Å². The first-order valence-electron chi connectivity index (χ1n) is 12.0. The van der Waals surface area contributed by atoms with Gasteiger partial charge in [0, 0.05) is 13.1 Å². The van der Waals surface area contributed by atoms with Crippen LogP contribution in [0.1, 0.15) is 44.7 Å². The van der Waals surface area contributed by atoms with E-state index in [4.69, 9.17) is 38.2 Å². The van der Waals surface area contributed by atoms with Crippen molar-refractivity contribution in [2.75, 3.05) is 13.1 Å². The topological polar surface area (TPSA) is 141 Å². The van der Waals surface area contributed by atoms with Gasteiger partial charge in [-0.3, -0.25) is 4.79 Å². The second kappa shape index (κ2) is 16.4. The predicted octanol–water partition coefficient (Wildman–Crippen LogP) is 5.90. The van der Waals surface area contributed by atoms with Crippen LogP contribution >= 0.6 is 23.2 Å². The number of benzene rings is 2. The second-order valence-corrected chi connectivity index (χ2v) is 10.5. The molecule has 0 saturated carbocycles. The zero-order valence-corrected chi connectivity index (χ0v) is 23.4. The molecule has 0 aliphatic carbocycles. The minimum absolute atomic E-state index is 0.303. The number of aliphatic carboxylic acids is 3. The van der Waals surface area contributed by atoms with Gasteiger partial charge in [-0.15, -0.1) is 0 Å². The molecule has 3 rings (SSSR count). The molecule has 1 amide bonds. The Hall–Kier alpha value is -3.56. The van der Waals surface area contributed by atoms with E-state index in [9.17, 15) is 24.3 Å². The molecule has 1 fully saturated rings. The van der Waals surface area contributed by atoms with E-state index in [-0.39, 0.29) is 12.0 Å². The van der Waals surface area contributed by atoms with Crippen LogP contribution in [0.3, 0.4) is 0 Å². The number of hydrogen-bond acceptors (Lipinski definition) is 5. The van der Waals surface area contributed by atoms with Crippen LogP contribution in [-0.2, 0) is 19.1 Å². The van der Waals surface area contributed by atoms with E-state index in [0.717, 1.165) is 5.56 Å². The van der Waals surface area contributed by atoms with E-state index in [1.807, 2.05) is 69.3 Å². The highest BCUT2D eigenvalue weighted by Gasteiger charge is 2.29. The maximum Gasteiger partial charge on any atom is 0.410 e. The van der Waals surface area contributed by atoms with Gasteiger partial charge in [0.15, 0.2) is 0 Å². The summed E-state index contributed by atoms with van der Waals surface area (Å²) in [7, 11) is 0. The van der Waals surface area contributed by atoms with Gasteiger partial charge in [-0.2, -0.15) is 0 Å². The minimum Gasteiger partial charge on any atom is -0.481 e. The van der Waals surface area contributed by atoms with Crippen LogP contribution < -0.4 is 0 Å². The molecular formula is C28H33Cl2NO8. The standard InChI is InChI=1S/C15H12O2.C11H19NO4.C2H2Cl2O2/c16-15(17)14(13-9-5-2-6-10-13)11-12-7-3-1-4-8-12;1-11(2,3)16-10(15)12-6-4-8(5-7-12)9(13)14;3-1(4)2(5)6/h1-11H,(H,16,17);8H,4-7H2,1-3H3,(H,13,14);1H,(H,5,6)/b14-11+;;. The van der Waals surface area contributed by atoms with E-state index in [0.29, 0.717) is 37.1 Å². The van der Waals surface area contributed by atoms with Crippen LogP contribution in [0.15, 0.2) is 60.7 Å². The van der Waals surface area contributed by atoms with Crippen molar-refractivity contribution in [3.63, 3.8) is 0 Å². The number of carboxylic acid groups (broad SMARTS) is 3. The van der Waals surface area contributed by atoms with Gasteiger partial charge in [0.05, 0.1) is 11.5 Å². The number of nitrogens with zero attached hydrogens (tertiary/aromatic N) is 1. The molecule has 1 aliphatic rings. The number of carboxylic acids is 3. The van der Waals surface area contributed by atoms with E-state index >= 15 is 0 Å². The average molecular weight is 582 g/mol. The van der Waals surface area contributed by atoms with Crippen LogP contribution in [0.25, 0.3) is 11.6 Å². The molecule has 2 aromatic rings. The second-order valence-electron chi connectivity index (χ2n) is 9.36. The van der Waals surface area contributed by atoms with Crippen LogP contribution in [0.5, 0.6) is 0 Å². The smallest absolute Gasteiger partial charge is 0.410 e. The van der Waals surface area contributed by atoms with Crippen LogP contribution in [0, 0.1) is 5.92 Å². The molecule has 1 saturated heterocycles. The number of likely N-dealkylation sites (tertiary alicyclic amines) is 1. The molecule has 0 aromatic heterocycles. The lowest BCUT2D eigenvalue weighted by Gasteiger charge is -2.32. The van der Waals surface area contributed by atoms with Crippen molar-refractivity contribution in [2.24, 2.45) is 5.92 Å². The highest BCUT2D eigenvalue weighted by Crippen LogP contribution is 2.20. The minimum atomic E-state index is -1.29. The molecule has 212 valence electrons. The van der Waals surface area contributed by atoms with Crippen molar-refractivity contribution < 1.29 is 39.2 Å². The van der Waals surface area contributed by atoms with Gasteiger partial charge in [0.2, 0.25) is 4.84 Å². The number of hydrogen-bond donors (Lipinski definition) is 3. The monoisotopic (exact) mass is 581 g/mol. The van der Waals surface area contributed by atoms with Crippen LogP contribution in [-0.4, -0.2) is 67.7 Å². The molecule has 3 N–H and O–H groups in total. The molecule has 9 nitrogen and oxygen atoms in total. The Morgan fingerprint density at radius 3 is 1.74 bits per heavy atom. The van der Waals surface area contributed by atoms with Gasteiger partial charge in [0.25, 0.3) is 0 Å². The lowest BCUT2D eigenvalue weighted by molar-refractivity contribution is -0.143. The van der Waals surface area contributed by atoms with Crippen LogP contribution in [0.2, 0.25) is 0 Å². The Morgan fingerprint density at radius 1 is 0.897 bits per heavy atom. The van der Waals surface area contributed by atoms with Crippen molar-refractivity contribution >= 4 is 58.9 Å². The van der Waals surface area contributed by atoms with E-state index in [1.54, 1.807) is 23.1 Å². The first kappa shape index (κ1) is 33.5. The Balaban J connectivity index is 0.000000325. The summed E-state index contributed by atoms with van der Waals surface area (Å²) in [4.78, 5) is 43.3. The van der Waals surface area contributed by atoms with Gasteiger partial charge in [-0.1, -0.05) is 83.9 Å². The van der Waals surface area contributed by atoms with Crippen molar-refractivity contribution in [2.45, 2.75) is 44.1 Å². The molecular weight excluding hydrogens is 549 g/mol. The number of halogens is 2. The molecule has 11 heteroatoms. The molecule has 1 heterocycles. The van der Waals surface area contributed by atoms with E-state index in [1.165, 1.54) is 0 Å². The third kappa shape index (κ3) is 13.7. The quantitative estimate of drug-likeness (QED) is 0.225. The largest absolute Gasteiger partial charge is 0.481 e. The van der Waals surface area contributed by atoms with E-state index < -0.39 is 28.3 Å². The van der Waals surface area contributed by atoms with Crippen molar-refractivity contribution in [1.29, 1.82) is 0 Å². The predicted molar refractivity (Wildman–Crippen MR) is 150 cm³/mol. The van der Waals surface area contributed by atoms with Crippen molar-refractivity contribution in [1.82, 2.24) is 4.90 Å². The fraction of sp³-hybridized carbons (Fsp3) is 0.357. The number of carbonyl (C=O) groups is 4. The lowest BCUT2D eigenvalue weighted by Crippen LogP contribution is -2.42. The zero-order chi connectivity index (χ0) is 29.6. The lowest BCUT2D eigenvalue weighted by atomic mass is 9.97. The summed E-state index contributed by atoms with van der Waals surface area (Å²) >= 11 is 9.56. The Bertz CT molecular complexity index is 1110. The summed E-state index contributed by atoms with van der Waals surface area (Å²) in [6.45, 7) is 6.37. The molecule has 1 aliphatic heterocycles. The molecule has 0 unspecified atom stereocenters. The summed E-state index contributed by atoms with van der Waals surface area (Å²) in [5.41, 5.74) is 1.40. The molecule has 0 spiro atoms. The Kier molecular flexibility index (Phi) is 14.1. The third-order valence-electron chi connectivity index (χ3n) is 5.11. The van der Waals surface area contributed by atoms with Gasteiger partial charge in [0.1, 0.15) is 5.60 Å². The summed E-state index contributed by atoms with van der Waals surface area (Å²) in [5.74, 6) is -3.22. The van der Waals surface area contributed by atoms with Crippen molar-refractivity contribution in [3.8, 4) is 0 Å². The number of carbonyl (C=O) groups excluding carboxylic acids is 1. The summed E-state index contributed by atoms with van der Waals surface area (Å²) in [6, 6.07) is 18.6. The number of piperidine rings is 1. The fourth-order valence-electron chi connectivity index (χ4n) is 3.24. The van der Waals surface area contributed by atoms with Gasteiger partial charge < -0.3 is 25.0 Å². The van der Waals surface area contributed by atoms with Crippen LogP contribution in [0.4, 0.5) is 4.79 Å². The molecule has 2 aromatic carbocycles. The number of ether oxygens (including phenoxy) is 1. The first-order chi connectivity index (χ1) is 18.2. The molecule has 0 atom stereocenters. The number of rotatable bonds is 5. The molecule has 39 heavy (non-hydrogen) atoms.